The fourth-order valence-electron chi connectivity index (χ4n) is 8.74. The number of nitrogens with zero attached hydrogens (tertiary/aromatic N) is 6. The average Bonchev–Trinajstić information content (AvgIpc) is 3.33. The molecule has 2 atom stereocenters. The van der Waals surface area contributed by atoms with Crippen LogP contribution in [0.2, 0.25) is 0 Å². The summed E-state index contributed by atoms with van der Waals surface area (Å²) in [6, 6.07) is 13.3. The van der Waals surface area contributed by atoms with Gasteiger partial charge in [-0.25, -0.2) is 9.69 Å². The number of aliphatic carboxylic acids is 1. The molecule has 4 heterocycles. The molecule has 2 unspecified atom stereocenters. The lowest BCUT2D eigenvalue weighted by atomic mass is 9.97. The Kier molecular flexibility index (Phi) is 13.9. The number of carboxylic acids is 1. The molecule has 5 N–H and O–H groups in total. The molecule has 18 nitrogen and oxygen atoms in total. The lowest BCUT2D eigenvalue weighted by Crippen LogP contribution is -2.41. The largest absolute Gasteiger partial charge is 0.506 e. The molecule has 8 rings (SSSR count). The number of carbonyl (C=O) groups excluding carboxylic acids is 3. The highest BCUT2D eigenvalue weighted by Gasteiger charge is 2.37. The third-order valence-corrected chi connectivity index (χ3v) is 12.2. The first kappa shape index (κ1) is 52.8. The molecule has 0 fully saturated rings. The molecule has 74 heavy (non-hydrogen) atoms. The molecule has 2 aliphatic rings. The van der Waals surface area contributed by atoms with Crippen molar-refractivity contribution in [3.8, 4) is 11.5 Å². The standard InChI is InChI=1S/C27H25F3N4O5.C23H17F3N4O5/c1-26(2,3)39-20(35)12-32-24(37)21-23(36)17-10-16(31-4)11-18-22(17)34(25(21)38)13-19(33(18)5)14-6-8-15(9-7-14)27(28,29)30;1-27-13-7-14-19-15(8-13)29(2)16(11-3-5-12(6-4-11)23(24,25)26)10-30(19)22(35)18(20(14)33)21(34)28-9-17(31)32/h6-11,19,36H,12-13H2,1-3,5H3,(H,32,37);3-8,16,33H,9-10H2,2H3,(H,28,34)(H,31,32). The van der Waals surface area contributed by atoms with E-state index >= 15 is 0 Å². The molecule has 2 aromatic heterocycles. The summed E-state index contributed by atoms with van der Waals surface area (Å²) in [7, 11) is 3.31. The smallest absolute Gasteiger partial charge is 0.416 e. The van der Waals surface area contributed by atoms with Gasteiger partial charge in [-0.2, -0.15) is 26.3 Å². The number of benzene rings is 4. The van der Waals surface area contributed by atoms with Gasteiger partial charge in [0.05, 0.1) is 71.9 Å². The number of likely N-dealkylation sites (N-methyl/N-ethyl adjacent to an activating group) is 2. The normalized spacial score (nSPS) is 15.1. The summed E-state index contributed by atoms with van der Waals surface area (Å²) in [5.74, 6) is -5.59. The Morgan fingerprint density at radius 1 is 0.649 bits per heavy atom. The van der Waals surface area contributed by atoms with Gasteiger partial charge in [-0.15, -0.1) is 0 Å². The molecule has 0 saturated carbocycles. The van der Waals surface area contributed by atoms with Crippen molar-refractivity contribution in [1.82, 2.24) is 19.8 Å². The van der Waals surface area contributed by atoms with Crippen LogP contribution in [0, 0.1) is 13.1 Å². The number of halogens is 6. The van der Waals surface area contributed by atoms with Crippen molar-refractivity contribution in [1.29, 1.82) is 0 Å². The second-order valence-corrected chi connectivity index (χ2v) is 18.1. The van der Waals surface area contributed by atoms with E-state index < -0.39 is 112 Å². The van der Waals surface area contributed by atoms with Gasteiger partial charge in [0, 0.05) is 24.9 Å². The van der Waals surface area contributed by atoms with E-state index in [-0.39, 0.29) is 46.3 Å². The van der Waals surface area contributed by atoms with E-state index in [0.717, 1.165) is 24.3 Å². The van der Waals surface area contributed by atoms with E-state index in [2.05, 4.69) is 15.0 Å². The van der Waals surface area contributed by atoms with Gasteiger partial charge < -0.3 is 49.6 Å². The number of rotatable bonds is 8. The molecule has 0 bridgehead atoms. The van der Waals surface area contributed by atoms with Crippen LogP contribution in [-0.4, -0.2) is 81.0 Å². The maximum Gasteiger partial charge on any atom is 0.416 e. The van der Waals surface area contributed by atoms with Gasteiger partial charge in [0.25, 0.3) is 22.9 Å². The number of aromatic nitrogens is 2. The monoisotopic (exact) mass is 1030 g/mol. The van der Waals surface area contributed by atoms with Crippen LogP contribution in [0.15, 0.2) is 82.4 Å². The zero-order chi connectivity index (χ0) is 54.5. The Morgan fingerprint density at radius 2 is 1.01 bits per heavy atom. The van der Waals surface area contributed by atoms with Crippen molar-refractivity contribution in [2.45, 2.75) is 63.9 Å². The Hall–Kier alpha value is -9.06. The zero-order valence-electron chi connectivity index (χ0n) is 39.6. The van der Waals surface area contributed by atoms with Crippen LogP contribution in [-0.2, 0) is 39.8 Å². The van der Waals surface area contributed by atoms with E-state index in [1.807, 2.05) is 5.32 Å². The summed E-state index contributed by atoms with van der Waals surface area (Å²) in [6.07, 6.45) is -9.04. The molecule has 0 aliphatic carbocycles. The maximum absolute atomic E-state index is 13.6. The van der Waals surface area contributed by atoms with Crippen LogP contribution < -0.4 is 31.6 Å². The number of nitrogens with one attached hydrogen (secondary N) is 2. The summed E-state index contributed by atoms with van der Waals surface area (Å²) >= 11 is 0. The van der Waals surface area contributed by atoms with Gasteiger partial charge in [0.15, 0.2) is 11.4 Å². The number of alkyl halides is 6. The summed E-state index contributed by atoms with van der Waals surface area (Å²) in [4.78, 5) is 85.5. The van der Waals surface area contributed by atoms with Crippen LogP contribution in [0.4, 0.5) is 49.1 Å². The molecule has 24 heteroatoms. The predicted molar refractivity (Wildman–Crippen MR) is 256 cm³/mol. The van der Waals surface area contributed by atoms with E-state index in [9.17, 15) is 65.3 Å². The van der Waals surface area contributed by atoms with Crippen LogP contribution >= 0.6 is 0 Å². The van der Waals surface area contributed by atoms with Crippen molar-refractivity contribution in [2.75, 3.05) is 37.0 Å². The molecule has 2 aliphatic heterocycles. The summed E-state index contributed by atoms with van der Waals surface area (Å²) in [5, 5.41) is 35.0. The molecule has 0 saturated heterocycles. The fraction of sp³-hybridized carbons (Fsp3) is 0.280. The molecule has 384 valence electrons. The van der Waals surface area contributed by atoms with E-state index in [1.54, 1.807) is 44.7 Å². The molecule has 2 amide bonds. The Labute approximate surface area is 414 Å². The lowest BCUT2D eigenvalue weighted by molar-refractivity contribution is -0.153. The Morgan fingerprint density at radius 3 is 1.34 bits per heavy atom. The third-order valence-electron chi connectivity index (χ3n) is 12.2. The van der Waals surface area contributed by atoms with Gasteiger partial charge in [-0.1, -0.05) is 24.3 Å². The van der Waals surface area contributed by atoms with Crippen LogP contribution in [0.1, 0.15) is 75.8 Å². The summed E-state index contributed by atoms with van der Waals surface area (Å²) in [5.41, 5.74) is -3.20. The highest BCUT2D eigenvalue weighted by molar-refractivity contribution is 6.08. The predicted octanol–water partition coefficient (Wildman–Crippen LogP) is 7.82. The number of esters is 1. The van der Waals surface area contributed by atoms with Crippen molar-refractivity contribution in [3.05, 3.63) is 150 Å². The van der Waals surface area contributed by atoms with Gasteiger partial charge >= 0.3 is 24.3 Å². The second-order valence-electron chi connectivity index (χ2n) is 18.1. The SMILES string of the molecule is [C-]#[N+]c1cc2c3c(c1)c(O)c(C(=O)NCC(=O)O)c(=O)n3CC(c1ccc(C(F)(F)F)cc1)N2C.[C-]#[N+]c1cc2c3c(c1)c(O)c(C(=O)NCC(=O)OC(C)(C)C)c(=O)n3CC(c1ccc(C(F)(F)F)cc1)N2C. The van der Waals surface area contributed by atoms with E-state index in [4.69, 9.17) is 23.0 Å². The first-order valence-corrected chi connectivity index (χ1v) is 22.0. The van der Waals surface area contributed by atoms with E-state index in [1.165, 1.54) is 57.7 Å². The number of carboxylic acid groups (broad SMARTS) is 1. The minimum Gasteiger partial charge on any atom is -0.506 e. The summed E-state index contributed by atoms with van der Waals surface area (Å²) < 4.78 is 85.9. The minimum atomic E-state index is -4.52. The van der Waals surface area contributed by atoms with Crippen LogP contribution in [0.5, 0.6) is 11.5 Å². The second kappa shape index (κ2) is 19.5. The number of anilines is 2. The first-order valence-electron chi connectivity index (χ1n) is 22.0. The number of hydrogen-bond donors (Lipinski definition) is 5. The van der Waals surface area contributed by atoms with Gasteiger partial charge in [-0.3, -0.25) is 28.8 Å². The van der Waals surface area contributed by atoms with Crippen molar-refractivity contribution >= 4 is 68.3 Å². The molecule has 4 aromatic carbocycles. The van der Waals surface area contributed by atoms with Gasteiger partial charge in [0.1, 0.15) is 41.3 Å². The zero-order valence-corrected chi connectivity index (χ0v) is 39.6. The number of pyridine rings is 2. The van der Waals surface area contributed by atoms with Crippen molar-refractivity contribution < 1.29 is 65.6 Å². The van der Waals surface area contributed by atoms with E-state index in [0.29, 0.717) is 22.5 Å². The minimum absolute atomic E-state index is 0.0336. The number of aromatic hydroxyl groups is 2. The number of ether oxygens (including phenoxy) is 1. The quantitative estimate of drug-likeness (QED) is 0.0560. The number of amides is 2. The third kappa shape index (κ3) is 10.2. The highest BCUT2D eigenvalue weighted by Crippen LogP contribution is 2.45. The number of hydrogen-bond acceptors (Lipinski definition) is 11. The highest BCUT2D eigenvalue weighted by atomic mass is 19.4. The first-order chi connectivity index (χ1) is 34.6. The lowest BCUT2D eigenvalue weighted by Gasteiger charge is -2.37. The molecular formula is C50H42F6N8O10. The maximum atomic E-state index is 13.6. The molecule has 0 spiro atoms. The molecule has 6 aromatic rings. The van der Waals surface area contributed by atoms with Crippen LogP contribution in [0.25, 0.3) is 31.5 Å². The average molecular weight is 1030 g/mol. The topological polar surface area (TPSA) is 221 Å². The fourth-order valence-corrected chi connectivity index (χ4v) is 8.74. The van der Waals surface area contributed by atoms with Gasteiger partial charge in [-0.05, 0) is 80.4 Å². The van der Waals surface area contributed by atoms with Crippen molar-refractivity contribution in [2.24, 2.45) is 0 Å². The Balaban J connectivity index is 0.000000217. The van der Waals surface area contributed by atoms with Crippen molar-refractivity contribution in [3.63, 3.8) is 0 Å². The van der Waals surface area contributed by atoms with Crippen LogP contribution in [0.3, 0.4) is 0 Å². The molecule has 0 radical (unpaired) electrons. The van der Waals surface area contributed by atoms with Gasteiger partial charge in [0.2, 0.25) is 0 Å². The Bertz CT molecular complexity index is 3520. The number of carbonyl (C=O) groups is 4. The summed E-state index contributed by atoms with van der Waals surface area (Å²) in [6.45, 7) is 18.3. The molecular weight excluding hydrogens is 987 g/mol.